The van der Waals surface area contributed by atoms with Gasteiger partial charge in [0.1, 0.15) is 5.75 Å². The predicted octanol–water partition coefficient (Wildman–Crippen LogP) is 3.86. The number of non-ortho nitro benzene ring substituents is 1. The summed E-state index contributed by atoms with van der Waals surface area (Å²) in [6, 6.07) is 18.6. The van der Waals surface area contributed by atoms with E-state index >= 15 is 0 Å². The number of nitrogens with one attached hydrogen (secondary N) is 2. The third-order valence-electron chi connectivity index (χ3n) is 4.97. The van der Waals surface area contributed by atoms with Gasteiger partial charge in [0, 0.05) is 17.8 Å². The van der Waals surface area contributed by atoms with Crippen molar-refractivity contribution in [3.63, 3.8) is 0 Å². The van der Waals surface area contributed by atoms with Crippen LogP contribution in [0.25, 0.3) is 0 Å². The maximum absolute atomic E-state index is 12.2. The highest BCUT2D eigenvalue weighted by atomic mass is 16.6. The Hall–Kier alpha value is -4.86. The second kappa shape index (κ2) is 11.3. The monoisotopic (exact) mass is 474 g/mol. The van der Waals surface area contributed by atoms with Crippen LogP contribution in [-0.2, 0) is 16.0 Å². The molecule has 0 saturated carbocycles. The number of benzene rings is 3. The minimum atomic E-state index is -0.913. The van der Waals surface area contributed by atoms with Gasteiger partial charge >= 0.3 is 17.8 Å². The molecule has 0 spiro atoms. The van der Waals surface area contributed by atoms with Gasteiger partial charge in [-0.15, -0.1) is 0 Å². The minimum absolute atomic E-state index is 0.129. The van der Waals surface area contributed by atoms with Crippen molar-refractivity contribution in [3.8, 4) is 5.75 Å². The normalized spacial score (nSPS) is 10.9. The maximum atomic E-state index is 12.2. The van der Waals surface area contributed by atoms with Crippen molar-refractivity contribution in [1.29, 1.82) is 0 Å². The van der Waals surface area contributed by atoms with Crippen LogP contribution in [0, 0.1) is 10.1 Å². The summed E-state index contributed by atoms with van der Waals surface area (Å²) < 4.78 is 5.27. The average Bonchev–Trinajstić information content (AvgIpc) is 2.87. The number of hydrazone groups is 1. The summed E-state index contributed by atoms with van der Waals surface area (Å²) in [6.07, 6.45) is 0.703. The summed E-state index contributed by atoms with van der Waals surface area (Å²) in [5, 5.41) is 17.2. The van der Waals surface area contributed by atoms with Crippen molar-refractivity contribution < 1.29 is 24.0 Å². The molecule has 0 aliphatic carbocycles. The van der Waals surface area contributed by atoms with E-state index in [1.807, 2.05) is 19.1 Å². The Labute approximate surface area is 200 Å². The van der Waals surface area contributed by atoms with Crippen LogP contribution in [0.3, 0.4) is 0 Å². The van der Waals surface area contributed by atoms with Gasteiger partial charge in [0.2, 0.25) is 0 Å². The van der Waals surface area contributed by atoms with Gasteiger partial charge < -0.3 is 10.1 Å². The molecule has 0 unspecified atom stereocenters. The Morgan fingerprint density at radius 1 is 0.914 bits per heavy atom. The number of aryl methyl sites for hydroxylation is 1. The molecule has 2 N–H and O–H groups in total. The van der Waals surface area contributed by atoms with Crippen molar-refractivity contribution >= 4 is 34.9 Å². The highest BCUT2D eigenvalue weighted by molar-refractivity contribution is 6.39. The topological polar surface area (TPSA) is 140 Å². The molecule has 35 heavy (non-hydrogen) atoms. The zero-order valence-corrected chi connectivity index (χ0v) is 19.0. The van der Waals surface area contributed by atoms with Gasteiger partial charge in [-0.25, -0.2) is 10.2 Å². The van der Waals surface area contributed by atoms with E-state index in [1.54, 1.807) is 31.2 Å². The number of esters is 1. The smallest absolute Gasteiger partial charge is 0.343 e. The second-order valence-electron chi connectivity index (χ2n) is 7.32. The number of nitrogens with zero attached hydrogens (tertiary/aromatic N) is 2. The number of hydrogen-bond acceptors (Lipinski definition) is 7. The molecule has 0 heterocycles. The number of amides is 2. The van der Waals surface area contributed by atoms with Crippen LogP contribution < -0.4 is 15.5 Å². The Morgan fingerprint density at radius 2 is 1.54 bits per heavy atom. The summed E-state index contributed by atoms with van der Waals surface area (Å²) in [5.41, 5.74) is 4.78. The predicted molar refractivity (Wildman–Crippen MR) is 129 cm³/mol. The number of carbonyl (C=O) groups excluding carboxylic acids is 3. The van der Waals surface area contributed by atoms with E-state index in [2.05, 4.69) is 15.8 Å². The van der Waals surface area contributed by atoms with Crippen LogP contribution in [0.2, 0.25) is 0 Å². The molecule has 10 heteroatoms. The molecular weight excluding hydrogens is 452 g/mol. The first kappa shape index (κ1) is 24.8. The Balaban J connectivity index is 1.57. The Morgan fingerprint density at radius 3 is 2.17 bits per heavy atom. The Bertz CT molecular complexity index is 1280. The number of ether oxygens (including phenoxy) is 1. The molecule has 3 aromatic rings. The fraction of sp³-hybridized carbons (Fsp3) is 0.120. The van der Waals surface area contributed by atoms with Crippen LogP contribution in [0.1, 0.15) is 35.3 Å². The molecule has 10 nitrogen and oxygen atoms in total. The van der Waals surface area contributed by atoms with Gasteiger partial charge in [0.15, 0.2) is 0 Å². The van der Waals surface area contributed by atoms with Gasteiger partial charge in [-0.2, -0.15) is 5.10 Å². The lowest BCUT2D eigenvalue weighted by Gasteiger charge is -2.09. The highest BCUT2D eigenvalue weighted by Gasteiger charge is 2.15. The molecular formula is C25H22N4O6. The van der Waals surface area contributed by atoms with Crippen LogP contribution in [0.4, 0.5) is 11.4 Å². The minimum Gasteiger partial charge on any atom is -0.423 e. The van der Waals surface area contributed by atoms with Gasteiger partial charge in [0.05, 0.1) is 16.2 Å². The van der Waals surface area contributed by atoms with Crippen LogP contribution >= 0.6 is 0 Å². The van der Waals surface area contributed by atoms with Crippen molar-refractivity contribution in [2.24, 2.45) is 5.10 Å². The second-order valence-corrected chi connectivity index (χ2v) is 7.32. The van der Waals surface area contributed by atoms with E-state index in [0.717, 1.165) is 5.56 Å². The molecule has 3 aromatic carbocycles. The third kappa shape index (κ3) is 6.57. The summed E-state index contributed by atoms with van der Waals surface area (Å²) in [6.45, 7) is 3.59. The standard InChI is InChI=1S/C25H22N4O6/c1-3-17-6-4-5-7-22(17)26-23(30)24(31)28-27-16(2)18-10-14-21(15-11-18)35-25(32)19-8-12-20(13-9-19)29(33)34/h4-15H,3H2,1-2H3,(H,26,30)(H,28,31). The first-order chi connectivity index (χ1) is 16.8. The number of nitro benzene ring substituents is 1. The summed E-state index contributed by atoms with van der Waals surface area (Å²) in [5.74, 6) is -2.16. The van der Waals surface area contributed by atoms with Crippen LogP contribution in [0.15, 0.2) is 77.9 Å². The lowest BCUT2D eigenvalue weighted by molar-refractivity contribution is -0.384. The first-order valence-corrected chi connectivity index (χ1v) is 10.6. The van der Waals surface area contributed by atoms with Gasteiger partial charge in [-0.1, -0.05) is 25.1 Å². The quantitative estimate of drug-likeness (QED) is 0.133. The number of rotatable bonds is 7. The lowest BCUT2D eigenvalue weighted by atomic mass is 10.1. The molecule has 0 aliphatic heterocycles. The van der Waals surface area contributed by atoms with E-state index in [1.165, 1.54) is 36.4 Å². The van der Waals surface area contributed by atoms with Crippen LogP contribution in [-0.4, -0.2) is 28.4 Å². The SMILES string of the molecule is CCc1ccccc1NC(=O)C(=O)NN=C(C)c1ccc(OC(=O)c2ccc([N+](=O)[O-])cc2)cc1. The number of para-hydroxylation sites is 1. The molecule has 178 valence electrons. The van der Waals surface area contributed by atoms with Gasteiger partial charge in [-0.05, 0) is 66.9 Å². The first-order valence-electron chi connectivity index (χ1n) is 10.6. The Kier molecular flexibility index (Phi) is 8.02. The van der Waals surface area contributed by atoms with Crippen molar-refractivity contribution in [2.45, 2.75) is 20.3 Å². The lowest BCUT2D eigenvalue weighted by Crippen LogP contribution is -2.33. The molecule has 0 fully saturated rings. The number of hydrogen-bond donors (Lipinski definition) is 2. The van der Waals surface area contributed by atoms with E-state index in [0.29, 0.717) is 23.4 Å². The molecule has 0 aromatic heterocycles. The van der Waals surface area contributed by atoms with E-state index in [4.69, 9.17) is 4.74 Å². The molecule has 0 radical (unpaired) electrons. The average molecular weight is 474 g/mol. The fourth-order valence-corrected chi connectivity index (χ4v) is 3.03. The number of nitro groups is 1. The zero-order chi connectivity index (χ0) is 25.4. The molecule has 2 amide bonds. The molecule has 0 bridgehead atoms. The molecule has 0 atom stereocenters. The van der Waals surface area contributed by atoms with Crippen molar-refractivity contribution in [2.75, 3.05) is 5.32 Å². The largest absolute Gasteiger partial charge is 0.423 e. The number of anilines is 1. The van der Waals surface area contributed by atoms with Gasteiger partial charge in [0.25, 0.3) is 5.69 Å². The van der Waals surface area contributed by atoms with E-state index in [-0.39, 0.29) is 17.0 Å². The highest BCUT2D eigenvalue weighted by Crippen LogP contribution is 2.17. The summed E-state index contributed by atoms with van der Waals surface area (Å²) >= 11 is 0. The summed E-state index contributed by atoms with van der Waals surface area (Å²) in [7, 11) is 0. The van der Waals surface area contributed by atoms with Crippen molar-refractivity contribution in [3.05, 3.63) is 99.6 Å². The van der Waals surface area contributed by atoms with E-state index < -0.39 is 22.7 Å². The fourth-order valence-electron chi connectivity index (χ4n) is 3.03. The van der Waals surface area contributed by atoms with Crippen molar-refractivity contribution in [1.82, 2.24) is 5.43 Å². The van der Waals surface area contributed by atoms with Crippen LogP contribution in [0.5, 0.6) is 5.75 Å². The molecule has 0 aliphatic rings. The summed E-state index contributed by atoms with van der Waals surface area (Å²) in [4.78, 5) is 46.7. The zero-order valence-electron chi connectivity index (χ0n) is 19.0. The molecule has 0 saturated heterocycles. The number of carbonyl (C=O) groups is 3. The van der Waals surface area contributed by atoms with Gasteiger partial charge in [-0.3, -0.25) is 19.7 Å². The van der Waals surface area contributed by atoms with E-state index in [9.17, 15) is 24.5 Å². The third-order valence-corrected chi connectivity index (χ3v) is 4.97. The molecule has 3 rings (SSSR count). The maximum Gasteiger partial charge on any atom is 0.343 e.